The maximum Gasteiger partial charge on any atom is 0 e. The fraction of sp³-hybridized carbons (Fsp3) is 0.429. The normalized spacial score (nSPS) is 10.2. The van der Waals surface area contributed by atoms with Crippen molar-refractivity contribution in [3.05, 3.63) is 24.3 Å². The number of rotatable bonds is 2. The Morgan fingerprint density at radius 3 is 2.50 bits per heavy atom. The summed E-state index contributed by atoms with van der Waals surface area (Å²) in [7, 11) is 0. The van der Waals surface area contributed by atoms with Gasteiger partial charge in [0.2, 0.25) is 0 Å². The second-order valence-corrected chi connectivity index (χ2v) is 1.28. The van der Waals surface area contributed by atoms with E-state index in [0.717, 1.165) is 6.42 Å². The Kier molecular flexibility index (Phi) is 14.1. The smallest absolute Gasteiger partial charge is 0 e. The molecular formula is C7H11W-. The number of hydrogen-bond donors (Lipinski definition) is 0. The van der Waals surface area contributed by atoms with Gasteiger partial charge in [0.05, 0.1) is 0 Å². The Labute approximate surface area is 65.9 Å². The van der Waals surface area contributed by atoms with Crippen LogP contribution in [0.5, 0.6) is 0 Å². The first-order valence-corrected chi connectivity index (χ1v) is 2.60. The van der Waals surface area contributed by atoms with Gasteiger partial charge in [-0.15, -0.1) is 6.92 Å². The summed E-state index contributed by atoms with van der Waals surface area (Å²) in [5.74, 6) is 0. The molecule has 0 bridgehead atoms. The minimum absolute atomic E-state index is 0. The summed E-state index contributed by atoms with van der Waals surface area (Å²) >= 11 is 0. The average Bonchev–Trinajstić information content (AvgIpc) is 1.69. The van der Waals surface area contributed by atoms with Gasteiger partial charge >= 0.3 is 0 Å². The average molecular weight is 279 g/mol. The van der Waals surface area contributed by atoms with Crippen molar-refractivity contribution < 1.29 is 21.1 Å². The molecule has 8 heavy (non-hydrogen) atoms. The molecule has 0 aliphatic rings. The van der Waals surface area contributed by atoms with Crippen molar-refractivity contribution in [2.45, 2.75) is 20.3 Å². The Morgan fingerprint density at radius 2 is 2.12 bits per heavy atom. The Bertz CT molecular complexity index is 72.5. The van der Waals surface area contributed by atoms with E-state index in [9.17, 15) is 0 Å². The summed E-state index contributed by atoms with van der Waals surface area (Å²) in [5, 5.41) is 0. The Morgan fingerprint density at radius 1 is 1.50 bits per heavy atom. The maximum absolute atomic E-state index is 2.98. The van der Waals surface area contributed by atoms with Crippen LogP contribution < -0.4 is 0 Å². The molecule has 0 saturated carbocycles. The Hall–Kier alpha value is 0.168. The summed E-state index contributed by atoms with van der Waals surface area (Å²) in [5.41, 5.74) is 0. The van der Waals surface area contributed by atoms with Crippen molar-refractivity contribution in [2.75, 3.05) is 0 Å². The van der Waals surface area contributed by atoms with Crippen LogP contribution >= 0.6 is 0 Å². The van der Waals surface area contributed by atoms with E-state index < -0.39 is 0 Å². The second kappa shape index (κ2) is 10.2. The topological polar surface area (TPSA) is 0 Å². The van der Waals surface area contributed by atoms with Gasteiger partial charge < -0.3 is 0 Å². The molecule has 0 amide bonds. The van der Waals surface area contributed by atoms with Gasteiger partial charge in [0.25, 0.3) is 0 Å². The van der Waals surface area contributed by atoms with Gasteiger partial charge in [0.15, 0.2) is 0 Å². The first-order valence-electron chi connectivity index (χ1n) is 2.60. The van der Waals surface area contributed by atoms with Crippen LogP contribution in [0.25, 0.3) is 0 Å². The van der Waals surface area contributed by atoms with E-state index >= 15 is 0 Å². The van der Waals surface area contributed by atoms with Crippen LogP contribution in [0, 0.1) is 6.08 Å². The number of hydrogen-bond acceptors (Lipinski definition) is 0. The Balaban J connectivity index is 0. The molecule has 0 aliphatic heterocycles. The minimum atomic E-state index is 0. The number of allylic oxidation sites excluding steroid dienone is 4. The summed E-state index contributed by atoms with van der Waals surface area (Å²) in [6.45, 7) is 4.08. The monoisotopic (exact) mass is 279 g/mol. The zero-order valence-electron chi connectivity index (χ0n) is 5.35. The standard InChI is InChI=1S/C7H11.W/c1-3-5-7-6-4-2;/h3,5-6H,4H2,1-2H3;/q-1;/b5-3-;. The largest absolute Gasteiger partial charge is 0.255 e. The molecule has 46 valence electrons. The molecule has 0 radical (unpaired) electrons. The van der Waals surface area contributed by atoms with Crippen molar-refractivity contribution in [3.63, 3.8) is 0 Å². The molecule has 0 aliphatic carbocycles. The predicted octanol–water partition coefficient (Wildman–Crippen LogP) is 2.33. The molecule has 0 unspecified atom stereocenters. The zero-order valence-corrected chi connectivity index (χ0v) is 8.28. The summed E-state index contributed by atoms with van der Waals surface area (Å²) in [6, 6.07) is 0. The van der Waals surface area contributed by atoms with Crippen LogP contribution in [0.3, 0.4) is 0 Å². The van der Waals surface area contributed by atoms with Gasteiger partial charge in [0.1, 0.15) is 0 Å². The van der Waals surface area contributed by atoms with Crippen LogP contribution in [0.4, 0.5) is 0 Å². The molecule has 0 aromatic rings. The summed E-state index contributed by atoms with van der Waals surface area (Å²) in [4.78, 5) is 0. The molecular weight excluding hydrogens is 268 g/mol. The van der Waals surface area contributed by atoms with Gasteiger partial charge in [-0.2, -0.15) is 6.08 Å². The van der Waals surface area contributed by atoms with Crippen molar-refractivity contribution in [3.8, 4) is 0 Å². The van der Waals surface area contributed by atoms with Crippen molar-refractivity contribution in [1.29, 1.82) is 0 Å². The fourth-order valence-corrected chi connectivity index (χ4v) is 0.282. The minimum Gasteiger partial charge on any atom is -0.255 e. The first kappa shape index (κ1) is 11.0. The molecule has 0 fully saturated rings. The van der Waals surface area contributed by atoms with Crippen LogP contribution in [-0.4, -0.2) is 0 Å². The zero-order chi connectivity index (χ0) is 5.54. The van der Waals surface area contributed by atoms with E-state index in [4.69, 9.17) is 0 Å². The molecule has 0 nitrogen and oxygen atoms in total. The molecule has 0 atom stereocenters. The molecule has 1 heteroatoms. The molecule has 0 saturated heterocycles. The van der Waals surface area contributed by atoms with Crippen molar-refractivity contribution in [2.24, 2.45) is 0 Å². The van der Waals surface area contributed by atoms with Crippen molar-refractivity contribution in [1.82, 2.24) is 0 Å². The third-order valence-electron chi connectivity index (χ3n) is 0.585. The SMILES string of the molecule is C/C=C\[C-]=CCC.[W]. The molecule has 0 N–H and O–H groups in total. The quantitative estimate of drug-likeness (QED) is 0.537. The van der Waals surface area contributed by atoms with E-state index in [1.807, 2.05) is 25.2 Å². The van der Waals surface area contributed by atoms with Gasteiger partial charge in [-0.1, -0.05) is 13.3 Å². The molecule has 0 aromatic carbocycles. The van der Waals surface area contributed by atoms with Crippen LogP contribution in [-0.2, 0) is 21.1 Å². The van der Waals surface area contributed by atoms with E-state index in [1.165, 1.54) is 0 Å². The van der Waals surface area contributed by atoms with E-state index in [2.05, 4.69) is 13.0 Å². The van der Waals surface area contributed by atoms with Gasteiger partial charge in [0, 0.05) is 21.1 Å². The van der Waals surface area contributed by atoms with Gasteiger partial charge in [-0.25, -0.2) is 12.2 Å². The maximum atomic E-state index is 2.98. The van der Waals surface area contributed by atoms with Crippen LogP contribution in [0.2, 0.25) is 0 Å². The summed E-state index contributed by atoms with van der Waals surface area (Å²) in [6.07, 6.45) is 9.92. The van der Waals surface area contributed by atoms with Gasteiger partial charge in [-0.05, 0) is 0 Å². The third kappa shape index (κ3) is 9.48. The van der Waals surface area contributed by atoms with Crippen molar-refractivity contribution >= 4 is 0 Å². The molecule has 0 rings (SSSR count). The summed E-state index contributed by atoms with van der Waals surface area (Å²) < 4.78 is 0. The van der Waals surface area contributed by atoms with E-state index in [0.29, 0.717) is 0 Å². The molecule has 0 heterocycles. The van der Waals surface area contributed by atoms with Gasteiger partial charge in [-0.3, -0.25) is 6.08 Å². The predicted molar refractivity (Wildman–Crippen MR) is 32.9 cm³/mol. The molecule has 0 spiro atoms. The fourth-order valence-electron chi connectivity index (χ4n) is 0.282. The van der Waals surface area contributed by atoms with Crippen LogP contribution in [0.15, 0.2) is 18.2 Å². The van der Waals surface area contributed by atoms with Crippen LogP contribution in [0.1, 0.15) is 20.3 Å². The first-order chi connectivity index (χ1) is 3.41. The second-order valence-electron chi connectivity index (χ2n) is 1.28. The van der Waals surface area contributed by atoms with E-state index in [-0.39, 0.29) is 21.1 Å². The third-order valence-corrected chi connectivity index (χ3v) is 0.585. The molecule has 0 aromatic heterocycles. The van der Waals surface area contributed by atoms with E-state index in [1.54, 1.807) is 0 Å².